The van der Waals surface area contributed by atoms with Gasteiger partial charge < -0.3 is 19.1 Å². The summed E-state index contributed by atoms with van der Waals surface area (Å²) in [5.41, 5.74) is 8.80. The smallest absolute Gasteiger partial charge is 0.135 e. The van der Waals surface area contributed by atoms with Gasteiger partial charge in [-0.15, -0.1) is 11.3 Å². The molecule has 0 aliphatic carbocycles. The summed E-state index contributed by atoms with van der Waals surface area (Å²) in [4.78, 5) is 5.87. The number of nitrogens with zero attached hydrogens (tertiary/aromatic N) is 3. The first-order chi connectivity index (χ1) is 35.8. The van der Waals surface area contributed by atoms with Crippen molar-refractivity contribution in [1.82, 2.24) is 0 Å². The number of para-hydroxylation sites is 3. The second-order valence-corrected chi connectivity index (χ2v) is 19.0. The predicted molar refractivity (Wildman–Crippen MR) is 293 cm³/mol. The Morgan fingerprint density at radius 1 is 0.288 bits per heavy atom. The summed E-state index contributed by atoms with van der Waals surface area (Å²) in [6.07, 6.45) is 0. The second kappa shape index (κ2) is 17.9. The molecular weight excluding hydrogens is 935 g/mol. The molecule has 2 aromatic heterocycles. The molecule has 0 saturated heterocycles. The Kier molecular flexibility index (Phi) is 10.7. The molecule has 0 bridgehead atoms. The molecule has 0 aliphatic rings. The minimum absolute atomic E-state index is 0.239. The maximum Gasteiger partial charge on any atom is 0.135 e. The molecule has 0 saturated carbocycles. The number of hydrogen-bond acceptors (Lipinski definition) is 5. The number of furan rings is 1. The lowest BCUT2D eigenvalue weighted by molar-refractivity contribution is 0.583. The Balaban J connectivity index is 1.07. The van der Waals surface area contributed by atoms with E-state index in [0.29, 0.717) is 22.7 Å². The van der Waals surface area contributed by atoms with Gasteiger partial charge in [0.25, 0.3) is 0 Å². The lowest BCUT2D eigenvalue weighted by atomic mass is 9.94. The molecule has 0 unspecified atom stereocenters. The fraction of sp³-hybridized carbons (Fsp3) is 0. The third-order valence-corrected chi connectivity index (χ3v) is 14.5. The number of fused-ring (bicyclic) bond motifs is 7. The zero-order chi connectivity index (χ0) is 49.2. The van der Waals surface area contributed by atoms with Gasteiger partial charge in [-0.2, -0.15) is 0 Å². The van der Waals surface area contributed by atoms with Gasteiger partial charge in [0, 0.05) is 82.6 Å². The van der Waals surface area contributed by atoms with E-state index in [1.165, 1.54) is 39.1 Å². The predicted octanol–water partition coefficient (Wildman–Crippen LogP) is 19.7. The van der Waals surface area contributed by atoms with Crippen molar-refractivity contribution in [2.24, 2.45) is 0 Å². The highest BCUT2D eigenvalue weighted by Gasteiger charge is 2.24. The first-order valence-electron chi connectivity index (χ1n) is 23.7. The van der Waals surface area contributed by atoms with Crippen LogP contribution in [0.5, 0.6) is 0 Å². The van der Waals surface area contributed by atoms with Gasteiger partial charge in [0.05, 0.1) is 17.1 Å². The van der Waals surface area contributed by atoms with Crippen LogP contribution in [0.15, 0.2) is 241 Å². The van der Waals surface area contributed by atoms with E-state index in [0.717, 1.165) is 78.4 Å². The van der Waals surface area contributed by atoms with E-state index in [9.17, 15) is 0 Å². The van der Waals surface area contributed by atoms with Crippen LogP contribution in [0.25, 0.3) is 64.0 Å². The van der Waals surface area contributed by atoms with Crippen LogP contribution in [-0.2, 0) is 0 Å². The lowest BCUT2D eigenvalue weighted by Crippen LogP contribution is -2.14. The van der Waals surface area contributed by atoms with Crippen LogP contribution >= 0.6 is 11.3 Å². The number of thiophene rings is 1. The topological polar surface area (TPSA) is 22.9 Å². The van der Waals surface area contributed by atoms with Crippen LogP contribution in [0, 0.1) is 23.3 Å². The van der Waals surface area contributed by atoms with Gasteiger partial charge in [-0.3, -0.25) is 0 Å². The van der Waals surface area contributed by atoms with Crippen LogP contribution in [0.3, 0.4) is 0 Å². The molecule has 0 spiro atoms. The molecule has 13 rings (SSSR count). The quantitative estimate of drug-likeness (QED) is 0.127. The van der Waals surface area contributed by atoms with Crippen molar-refractivity contribution >= 4 is 115 Å². The number of halogens is 4. The average Bonchev–Trinajstić information content (AvgIpc) is 3.97. The second-order valence-electron chi connectivity index (χ2n) is 17.9. The van der Waals surface area contributed by atoms with Crippen LogP contribution in [-0.4, -0.2) is 0 Å². The zero-order valence-electron chi connectivity index (χ0n) is 38.7. The molecule has 13 aromatic rings. The molecule has 0 N–H and O–H groups in total. The first kappa shape index (κ1) is 43.8. The van der Waals surface area contributed by atoms with Gasteiger partial charge in [0.15, 0.2) is 0 Å². The highest BCUT2D eigenvalue weighted by Crippen LogP contribution is 2.48. The molecular formula is C64H39F4N3OS. The highest BCUT2D eigenvalue weighted by molar-refractivity contribution is 7.25. The average molecular weight is 974 g/mol. The van der Waals surface area contributed by atoms with Crippen molar-refractivity contribution in [1.29, 1.82) is 0 Å². The molecule has 4 nitrogen and oxygen atoms in total. The van der Waals surface area contributed by atoms with E-state index in [-0.39, 0.29) is 11.4 Å². The Morgan fingerprint density at radius 3 is 1.40 bits per heavy atom. The summed E-state index contributed by atoms with van der Waals surface area (Å²) < 4.78 is 70.0. The van der Waals surface area contributed by atoms with Crippen LogP contribution in [0.4, 0.5) is 68.7 Å². The Hall–Kier alpha value is -9.18. The van der Waals surface area contributed by atoms with Crippen molar-refractivity contribution in [2.75, 3.05) is 14.7 Å². The van der Waals surface area contributed by atoms with E-state index >= 15 is 17.6 Å². The van der Waals surface area contributed by atoms with Crippen molar-refractivity contribution < 1.29 is 22.0 Å². The summed E-state index contributed by atoms with van der Waals surface area (Å²) in [6, 6.07) is 73.3. The zero-order valence-corrected chi connectivity index (χ0v) is 39.5. The van der Waals surface area contributed by atoms with Crippen molar-refractivity contribution in [3.63, 3.8) is 0 Å². The SMILES string of the molecule is Fc1cc(F)cc(N(c2ccccc2)c2cc(-c3ccc(N(c4ccc5oc6ccccc6c5c4)c4ccc5sc6ccccc6c5c4)c4ccccc34)cc(N(c3ccccc3)c3cc(F)cc(F)c3)c2)c1. The molecule has 350 valence electrons. The van der Waals surface area contributed by atoms with Crippen molar-refractivity contribution in [3.05, 3.63) is 260 Å². The van der Waals surface area contributed by atoms with Gasteiger partial charge in [0.1, 0.15) is 34.4 Å². The summed E-state index contributed by atoms with van der Waals surface area (Å²) in [7, 11) is 0. The van der Waals surface area contributed by atoms with Gasteiger partial charge in [0.2, 0.25) is 0 Å². The van der Waals surface area contributed by atoms with Crippen molar-refractivity contribution in [2.45, 2.75) is 0 Å². The van der Waals surface area contributed by atoms with E-state index in [4.69, 9.17) is 4.42 Å². The monoisotopic (exact) mass is 973 g/mol. The molecule has 9 heteroatoms. The minimum atomic E-state index is -0.744. The fourth-order valence-electron chi connectivity index (χ4n) is 10.3. The molecule has 11 aromatic carbocycles. The third-order valence-electron chi connectivity index (χ3n) is 13.3. The summed E-state index contributed by atoms with van der Waals surface area (Å²) in [5, 5.41) is 6.21. The fourth-order valence-corrected chi connectivity index (χ4v) is 11.3. The molecule has 0 fully saturated rings. The van der Waals surface area contributed by atoms with Gasteiger partial charge in [-0.1, -0.05) is 103 Å². The molecule has 0 atom stereocenters. The minimum Gasteiger partial charge on any atom is -0.456 e. The number of benzene rings is 11. The maximum atomic E-state index is 15.3. The van der Waals surface area contributed by atoms with Gasteiger partial charge in [-0.05, 0) is 138 Å². The van der Waals surface area contributed by atoms with Crippen LogP contribution < -0.4 is 14.7 Å². The van der Waals surface area contributed by atoms with E-state index in [1.54, 1.807) is 21.1 Å². The normalized spacial score (nSPS) is 11.6. The first-order valence-corrected chi connectivity index (χ1v) is 24.5. The van der Waals surface area contributed by atoms with E-state index in [2.05, 4.69) is 89.8 Å². The standard InChI is InChI=1S/C64H39F4N3OS/c65-41-31-42(66)34-51(33-41)69(45-13-3-1-4-14-45)49-29-40(30-50(37-49)70(46-15-5-2-6-16-46)52-35-43(67)32-44(68)36-52)53-25-26-60(55-18-8-7-17-54(53)55)71(47-23-27-62-58(38-47)56-19-9-11-21-61(56)72-62)48-24-28-64-59(39-48)57-20-10-12-22-63(57)73-64/h1-39H. The summed E-state index contributed by atoms with van der Waals surface area (Å²) in [5.74, 6) is -2.98. The number of anilines is 9. The molecule has 0 radical (unpaired) electrons. The Labute approximate surface area is 421 Å². The van der Waals surface area contributed by atoms with Gasteiger partial charge in [-0.25, -0.2) is 17.6 Å². The maximum absolute atomic E-state index is 15.3. The van der Waals surface area contributed by atoms with Gasteiger partial charge >= 0.3 is 0 Å². The molecule has 2 heterocycles. The molecule has 73 heavy (non-hydrogen) atoms. The number of rotatable bonds is 10. The molecule has 0 amide bonds. The highest BCUT2D eigenvalue weighted by atomic mass is 32.1. The summed E-state index contributed by atoms with van der Waals surface area (Å²) >= 11 is 1.77. The largest absolute Gasteiger partial charge is 0.456 e. The van der Waals surface area contributed by atoms with Crippen LogP contribution in [0.1, 0.15) is 0 Å². The van der Waals surface area contributed by atoms with E-state index < -0.39 is 23.3 Å². The van der Waals surface area contributed by atoms with E-state index in [1.807, 2.05) is 115 Å². The Bertz CT molecular complexity index is 3980. The lowest BCUT2D eigenvalue weighted by Gasteiger charge is -2.31. The Morgan fingerprint density at radius 2 is 0.767 bits per heavy atom. The van der Waals surface area contributed by atoms with Crippen LogP contribution in [0.2, 0.25) is 0 Å². The summed E-state index contributed by atoms with van der Waals surface area (Å²) in [6.45, 7) is 0. The molecule has 0 aliphatic heterocycles. The number of hydrogen-bond donors (Lipinski definition) is 0. The third kappa shape index (κ3) is 7.96. The van der Waals surface area contributed by atoms with Crippen molar-refractivity contribution in [3.8, 4) is 11.1 Å².